The Labute approximate surface area is 222 Å². The summed E-state index contributed by atoms with van der Waals surface area (Å²) in [5, 5.41) is 9.29. The van der Waals surface area contributed by atoms with E-state index >= 15 is 0 Å². The summed E-state index contributed by atoms with van der Waals surface area (Å²) in [6.07, 6.45) is 0.279. The molecule has 0 aliphatic rings. The fraction of sp³-hybridized carbons (Fsp3) is 0.161. The van der Waals surface area contributed by atoms with Crippen molar-refractivity contribution in [2.75, 3.05) is 6.61 Å². The SMILES string of the molecule is CCc1ccc(Oc2ccccc2)cc1.NC(=O)COc1ccc(CC(Oc2ccccc2)C(=O)O)cc1. The van der Waals surface area contributed by atoms with Crippen LogP contribution >= 0.6 is 0 Å². The molecule has 1 atom stereocenters. The van der Waals surface area contributed by atoms with Gasteiger partial charge in [-0.25, -0.2) is 4.79 Å². The summed E-state index contributed by atoms with van der Waals surface area (Å²) >= 11 is 0. The number of amides is 1. The van der Waals surface area contributed by atoms with Gasteiger partial charge in [-0.3, -0.25) is 4.79 Å². The molecule has 38 heavy (non-hydrogen) atoms. The number of benzene rings is 4. The van der Waals surface area contributed by atoms with E-state index in [1.54, 1.807) is 48.5 Å². The number of hydrogen-bond donors (Lipinski definition) is 2. The second-order valence-corrected chi connectivity index (χ2v) is 8.27. The van der Waals surface area contributed by atoms with Crippen LogP contribution in [-0.2, 0) is 22.4 Å². The lowest BCUT2D eigenvalue weighted by Crippen LogP contribution is -2.29. The fourth-order valence-corrected chi connectivity index (χ4v) is 3.35. The van der Waals surface area contributed by atoms with Gasteiger partial charge in [-0.15, -0.1) is 0 Å². The highest BCUT2D eigenvalue weighted by atomic mass is 16.5. The molecule has 4 aromatic rings. The summed E-state index contributed by atoms with van der Waals surface area (Å²) in [4.78, 5) is 22.0. The van der Waals surface area contributed by atoms with Crippen molar-refractivity contribution in [3.05, 3.63) is 120 Å². The molecule has 0 aromatic heterocycles. The zero-order valence-electron chi connectivity index (χ0n) is 21.2. The molecule has 7 nitrogen and oxygen atoms in total. The first-order chi connectivity index (χ1) is 18.4. The Morgan fingerprint density at radius 3 is 1.74 bits per heavy atom. The molecule has 0 radical (unpaired) electrons. The van der Waals surface area contributed by atoms with Gasteiger partial charge in [-0.1, -0.05) is 67.6 Å². The maximum atomic E-state index is 11.4. The van der Waals surface area contributed by atoms with Gasteiger partial charge in [0.1, 0.15) is 23.0 Å². The van der Waals surface area contributed by atoms with Crippen LogP contribution in [0.25, 0.3) is 0 Å². The number of carboxylic acids is 1. The second kappa shape index (κ2) is 14.7. The van der Waals surface area contributed by atoms with Crippen molar-refractivity contribution < 1.29 is 28.9 Å². The van der Waals surface area contributed by atoms with Crippen LogP contribution in [0.15, 0.2) is 109 Å². The van der Waals surface area contributed by atoms with Gasteiger partial charge in [0, 0.05) is 6.42 Å². The lowest BCUT2D eigenvalue weighted by atomic mass is 10.1. The number of carboxylic acid groups (broad SMARTS) is 1. The molecule has 0 aliphatic heterocycles. The van der Waals surface area contributed by atoms with Gasteiger partial charge in [0.2, 0.25) is 0 Å². The molecular formula is C31H31NO6. The number of aliphatic carboxylic acids is 1. The number of ether oxygens (including phenoxy) is 3. The minimum absolute atomic E-state index is 0.200. The van der Waals surface area contributed by atoms with Crippen LogP contribution in [0.4, 0.5) is 0 Å². The van der Waals surface area contributed by atoms with Gasteiger partial charge in [0.05, 0.1) is 0 Å². The van der Waals surface area contributed by atoms with E-state index in [2.05, 4.69) is 19.1 Å². The number of hydrogen-bond acceptors (Lipinski definition) is 5. The molecule has 196 valence electrons. The average molecular weight is 514 g/mol. The Bertz CT molecular complexity index is 1260. The topological polar surface area (TPSA) is 108 Å². The maximum absolute atomic E-state index is 11.4. The summed E-state index contributed by atoms with van der Waals surface area (Å²) < 4.78 is 16.3. The first-order valence-corrected chi connectivity index (χ1v) is 12.2. The van der Waals surface area contributed by atoms with E-state index < -0.39 is 18.0 Å². The van der Waals surface area contributed by atoms with Crippen molar-refractivity contribution in [1.82, 2.24) is 0 Å². The quantitative estimate of drug-likeness (QED) is 0.268. The Morgan fingerprint density at radius 1 is 0.711 bits per heavy atom. The molecule has 0 fully saturated rings. The van der Waals surface area contributed by atoms with Gasteiger partial charge in [0.25, 0.3) is 5.91 Å². The number of rotatable bonds is 11. The van der Waals surface area contributed by atoms with Crippen LogP contribution in [-0.4, -0.2) is 29.7 Å². The Morgan fingerprint density at radius 2 is 1.21 bits per heavy atom. The van der Waals surface area contributed by atoms with Gasteiger partial charge in [-0.2, -0.15) is 0 Å². The van der Waals surface area contributed by atoms with Crippen molar-refractivity contribution in [3.63, 3.8) is 0 Å². The normalized spacial score (nSPS) is 10.9. The fourth-order valence-electron chi connectivity index (χ4n) is 3.35. The molecule has 1 unspecified atom stereocenters. The van der Waals surface area contributed by atoms with E-state index in [0.29, 0.717) is 11.5 Å². The van der Waals surface area contributed by atoms with E-state index in [0.717, 1.165) is 23.5 Å². The van der Waals surface area contributed by atoms with E-state index in [1.807, 2.05) is 48.5 Å². The Hall–Kier alpha value is -4.78. The molecule has 7 heteroatoms. The summed E-state index contributed by atoms with van der Waals surface area (Å²) in [5.74, 6) is 1.16. The first kappa shape index (κ1) is 27.8. The van der Waals surface area contributed by atoms with E-state index in [4.69, 9.17) is 19.9 Å². The summed E-state index contributed by atoms with van der Waals surface area (Å²) in [5.41, 5.74) is 7.10. The average Bonchev–Trinajstić information content (AvgIpc) is 2.94. The molecule has 1 amide bonds. The summed E-state index contributed by atoms with van der Waals surface area (Å²) in [6.45, 7) is 1.95. The lowest BCUT2D eigenvalue weighted by Gasteiger charge is -2.15. The predicted octanol–water partition coefficient (Wildman–Crippen LogP) is 5.67. The third-order valence-electron chi connectivity index (χ3n) is 5.33. The largest absolute Gasteiger partial charge is 0.484 e. The van der Waals surface area contributed by atoms with Gasteiger partial charge in [-0.05, 0) is 66.1 Å². The third-order valence-corrected chi connectivity index (χ3v) is 5.33. The van der Waals surface area contributed by atoms with Crippen LogP contribution in [0.3, 0.4) is 0 Å². The predicted molar refractivity (Wildman–Crippen MR) is 146 cm³/mol. The highest BCUT2D eigenvalue weighted by Gasteiger charge is 2.20. The molecule has 0 bridgehead atoms. The zero-order valence-corrected chi connectivity index (χ0v) is 21.2. The van der Waals surface area contributed by atoms with E-state index in [-0.39, 0.29) is 13.0 Å². The van der Waals surface area contributed by atoms with E-state index in [9.17, 15) is 14.7 Å². The Balaban J connectivity index is 0.000000230. The molecule has 4 rings (SSSR count). The van der Waals surface area contributed by atoms with Crippen molar-refractivity contribution in [1.29, 1.82) is 0 Å². The standard InChI is InChI=1S/C17H17NO5.C14H14O/c18-16(19)11-22-13-8-6-12(7-9-13)10-15(17(20)21)23-14-4-2-1-3-5-14;1-2-12-8-10-14(11-9-12)15-13-6-4-3-5-7-13/h1-9,15H,10-11H2,(H2,18,19)(H,20,21);3-11H,2H2,1H3. The van der Waals surface area contributed by atoms with Crippen molar-refractivity contribution in [3.8, 4) is 23.0 Å². The van der Waals surface area contributed by atoms with E-state index in [1.165, 1.54) is 5.56 Å². The van der Waals surface area contributed by atoms with Crippen LogP contribution < -0.4 is 19.9 Å². The Kier molecular flexibility index (Phi) is 10.8. The van der Waals surface area contributed by atoms with Crippen molar-refractivity contribution in [2.24, 2.45) is 5.73 Å². The zero-order chi connectivity index (χ0) is 27.2. The lowest BCUT2D eigenvalue weighted by molar-refractivity contribution is -0.145. The summed E-state index contributed by atoms with van der Waals surface area (Å²) in [7, 11) is 0. The minimum atomic E-state index is -1.04. The number of nitrogens with two attached hydrogens (primary N) is 1. The molecule has 0 aliphatic carbocycles. The smallest absolute Gasteiger partial charge is 0.345 e. The number of primary amides is 1. The number of aryl methyl sites for hydroxylation is 1. The molecule has 0 saturated carbocycles. The highest BCUT2D eigenvalue weighted by molar-refractivity contribution is 5.75. The molecule has 4 aromatic carbocycles. The molecule has 0 heterocycles. The monoisotopic (exact) mass is 513 g/mol. The third kappa shape index (κ3) is 9.70. The van der Waals surface area contributed by atoms with Gasteiger partial charge >= 0.3 is 5.97 Å². The van der Waals surface area contributed by atoms with Gasteiger partial charge < -0.3 is 25.1 Å². The number of para-hydroxylation sites is 2. The second-order valence-electron chi connectivity index (χ2n) is 8.27. The van der Waals surface area contributed by atoms with Crippen LogP contribution in [0.5, 0.6) is 23.0 Å². The molecule has 0 saturated heterocycles. The molecule has 3 N–H and O–H groups in total. The van der Waals surface area contributed by atoms with Gasteiger partial charge in [0.15, 0.2) is 12.7 Å². The first-order valence-electron chi connectivity index (χ1n) is 12.2. The molecule has 0 spiro atoms. The van der Waals surface area contributed by atoms with Crippen molar-refractivity contribution in [2.45, 2.75) is 25.9 Å². The van der Waals surface area contributed by atoms with Crippen LogP contribution in [0, 0.1) is 0 Å². The van der Waals surface area contributed by atoms with Crippen LogP contribution in [0.1, 0.15) is 18.1 Å². The minimum Gasteiger partial charge on any atom is -0.484 e. The number of carbonyl (C=O) groups excluding carboxylic acids is 1. The summed E-state index contributed by atoms with van der Waals surface area (Å²) in [6, 6.07) is 33.6. The van der Waals surface area contributed by atoms with Crippen molar-refractivity contribution >= 4 is 11.9 Å². The maximum Gasteiger partial charge on any atom is 0.345 e. The van der Waals surface area contributed by atoms with Crippen LogP contribution in [0.2, 0.25) is 0 Å². The highest BCUT2D eigenvalue weighted by Crippen LogP contribution is 2.21. The number of carbonyl (C=O) groups is 2. The molecular weight excluding hydrogens is 482 g/mol.